The van der Waals surface area contributed by atoms with Crippen molar-refractivity contribution in [3.63, 3.8) is 0 Å². The zero-order valence-electron chi connectivity index (χ0n) is 17.9. The van der Waals surface area contributed by atoms with E-state index in [-0.39, 0.29) is 28.7 Å². The first-order chi connectivity index (χ1) is 12.9. The van der Waals surface area contributed by atoms with Gasteiger partial charge in [-0.2, -0.15) is 9.97 Å². The third kappa shape index (κ3) is 3.81. The van der Waals surface area contributed by atoms with Gasteiger partial charge in [0.05, 0.1) is 18.9 Å². The Hall–Kier alpha value is -2.63. The van der Waals surface area contributed by atoms with Gasteiger partial charge in [0.2, 0.25) is 0 Å². The molecule has 1 heterocycles. The van der Waals surface area contributed by atoms with E-state index in [9.17, 15) is 0 Å². The summed E-state index contributed by atoms with van der Waals surface area (Å²) in [5.41, 5.74) is 16.4. The molecular weight excluding hydrogens is 350 g/mol. The number of aromatic nitrogens is 3. The quantitative estimate of drug-likeness (QED) is 0.828. The lowest BCUT2D eigenvalue weighted by atomic mass is 9.87. The van der Waals surface area contributed by atoms with Crippen molar-refractivity contribution >= 4 is 0 Å². The van der Waals surface area contributed by atoms with Crippen LogP contribution in [0.3, 0.4) is 0 Å². The average Bonchev–Trinajstić information content (AvgIpc) is 3.17. The predicted octanol–water partition coefficient (Wildman–Crippen LogP) is 3.70. The Morgan fingerprint density at radius 2 is 1.14 bits per heavy atom. The largest absolute Gasteiger partial charge is 0.467 e. The van der Waals surface area contributed by atoms with Crippen LogP contribution in [0, 0.1) is 10.8 Å². The molecule has 1 aromatic heterocycles. The summed E-state index contributed by atoms with van der Waals surface area (Å²) < 4.78 is 5.35. The van der Waals surface area contributed by atoms with Crippen molar-refractivity contribution in [3.05, 3.63) is 58.5 Å². The maximum absolute atomic E-state index is 6.32. The van der Waals surface area contributed by atoms with Gasteiger partial charge in [0, 0.05) is 11.4 Å². The molecule has 6 nitrogen and oxygen atoms in total. The van der Waals surface area contributed by atoms with Crippen LogP contribution in [-0.2, 0) is 0 Å². The third-order valence-electron chi connectivity index (χ3n) is 5.18. The van der Waals surface area contributed by atoms with Crippen molar-refractivity contribution in [3.8, 4) is 6.01 Å². The number of hydrogen-bond acceptors (Lipinski definition) is 6. The molecule has 0 saturated carbocycles. The van der Waals surface area contributed by atoms with Crippen molar-refractivity contribution in [1.82, 2.24) is 15.0 Å². The fourth-order valence-electron chi connectivity index (χ4n) is 3.32. The number of allylic oxidation sites excluding steroid dienone is 6. The lowest BCUT2D eigenvalue weighted by Crippen LogP contribution is -2.16. The maximum Gasteiger partial charge on any atom is 0.319 e. The van der Waals surface area contributed by atoms with E-state index in [0.717, 1.165) is 11.4 Å². The number of hydrogen-bond donors (Lipinski definition) is 2. The highest BCUT2D eigenvalue weighted by Gasteiger charge is 2.31. The van der Waals surface area contributed by atoms with Gasteiger partial charge < -0.3 is 16.2 Å². The Morgan fingerprint density at radius 3 is 1.43 bits per heavy atom. The lowest BCUT2D eigenvalue weighted by Gasteiger charge is -2.18. The van der Waals surface area contributed by atoms with Crippen molar-refractivity contribution in [2.24, 2.45) is 22.3 Å². The van der Waals surface area contributed by atoms with Gasteiger partial charge in [-0.15, -0.1) is 0 Å². The van der Waals surface area contributed by atoms with Gasteiger partial charge in [0.1, 0.15) is 11.6 Å². The van der Waals surface area contributed by atoms with E-state index in [0.29, 0.717) is 11.6 Å². The second-order valence-corrected chi connectivity index (χ2v) is 9.53. The number of ether oxygens (including phenoxy) is 1. The molecule has 2 atom stereocenters. The van der Waals surface area contributed by atoms with Crippen molar-refractivity contribution in [1.29, 1.82) is 0 Å². The molecule has 0 radical (unpaired) electrons. The number of nitrogens with zero attached hydrogens (tertiary/aromatic N) is 3. The van der Waals surface area contributed by atoms with E-state index >= 15 is 0 Å². The molecule has 0 aliphatic heterocycles. The number of methoxy groups -OCH3 is 1. The summed E-state index contributed by atoms with van der Waals surface area (Å²) in [6.45, 7) is 13.0. The van der Waals surface area contributed by atoms with E-state index in [1.54, 1.807) is 7.11 Å². The minimum atomic E-state index is -0.192. The molecule has 2 unspecified atom stereocenters. The van der Waals surface area contributed by atoms with Crippen LogP contribution in [0.5, 0.6) is 6.01 Å². The van der Waals surface area contributed by atoms with Crippen LogP contribution in [0.4, 0.5) is 0 Å². The Bertz CT molecular complexity index is 840. The van der Waals surface area contributed by atoms with Crippen molar-refractivity contribution in [2.45, 2.75) is 53.4 Å². The molecule has 1 aromatic rings. The summed E-state index contributed by atoms with van der Waals surface area (Å²) in [5.74, 6) is 0.783. The Morgan fingerprint density at radius 1 is 0.750 bits per heavy atom. The second kappa shape index (κ2) is 6.76. The first kappa shape index (κ1) is 20.1. The summed E-state index contributed by atoms with van der Waals surface area (Å²) in [6, 6.07) is 0.274. The van der Waals surface area contributed by atoms with Gasteiger partial charge in [-0.25, -0.2) is 4.98 Å². The molecular formula is C22H31N5O. The average molecular weight is 382 g/mol. The minimum Gasteiger partial charge on any atom is -0.467 e. The van der Waals surface area contributed by atoms with E-state index in [4.69, 9.17) is 21.2 Å². The fraction of sp³-hybridized carbons (Fsp3) is 0.500. The van der Waals surface area contributed by atoms with Crippen LogP contribution in [0.1, 0.15) is 65.0 Å². The molecule has 150 valence electrons. The highest BCUT2D eigenvalue weighted by Crippen LogP contribution is 2.40. The Balaban J connectivity index is 2.04. The molecule has 2 aliphatic carbocycles. The summed E-state index contributed by atoms with van der Waals surface area (Å²) >= 11 is 0. The summed E-state index contributed by atoms with van der Waals surface area (Å²) in [6.07, 6.45) is 8.28. The molecule has 0 spiro atoms. The normalized spacial score (nSPS) is 22.5. The zero-order valence-corrected chi connectivity index (χ0v) is 17.9. The van der Waals surface area contributed by atoms with Crippen molar-refractivity contribution in [2.75, 3.05) is 7.11 Å². The van der Waals surface area contributed by atoms with Gasteiger partial charge in [0.25, 0.3) is 0 Å². The monoisotopic (exact) mass is 381 g/mol. The molecule has 6 heteroatoms. The summed E-state index contributed by atoms with van der Waals surface area (Å²) in [7, 11) is 1.55. The first-order valence-electron chi connectivity index (χ1n) is 9.58. The van der Waals surface area contributed by atoms with Gasteiger partial charge >= 0.3 is 6.01 Å². The van der Waals surface area contributed by atoms with Gasteiger partial charge in [-0.3, -0.25) is 0 Å². The van der Waals surface area contributed by atoms with Gasteiger partial charge in [0.15, 0.2) is 0 Å². The van der Waals surface area contributed by atoms with Gasteiger partial charge in [-0.1, -0.05) is 53.7 Å². The highest BCUT2D eigenvalue weighted by molar-refractivity contribution is 5.45. The van der Waals surface area contributed by atoms with Crippen LogP contribution in [-0.4, -0.2) is 22.1 Å². The van der Waals surface area contributed by atoms with E-state index in [1.807, 2.05) is 12.2 Å². The summed E-state index contributed by atoms with van der Waals surface area (Å²) in [5, 5.41) is 0. The van der Waals surface area contributed by atoms with E-state index in [1.165, 1.54) is 11.1 Å². The molecule has 0 aromatic carbocycles. The van der Waals surface area contributed by atoms with E-state index in [2.05, 4.69) is 63.7 Å². The molecule has 4 N–H and O–H groups in total. The van der Waals surface area contributed by atoms with Crippen LogP contribution < -0.4 is 16.2 Å². The lowest BCUT2D eigenvalue weighted by molar-refractivity contribution is 0.372. The van der Waals surface area contributed by atoms with Crippen LogP contribution in [0.2, 0.25) is 0 Å². The molecule has 0 bridgehead atoms. The first-order valence-corrected chi connectivity index (χ1v) is 9.58. The zero-order chi connectivity index (χ0) is 20.9. The topological polar surface area (TPSA) is 99.9 Å². The SMILES string of the molecule is COc1nc(C2C=C(C(C)(C)C)C=C2N)nc(C2C=C(C(C)(C)C)C=C2N)n1. The summed E-state index contributed by atoms with van der Waals surface area (Å²) in [4.78, 5) is 13.7. The molecule has 0 fully saturated rings. The number of rotatable bonds is 3. The highest BCUT2D eigenvalue weighted by atomic mass is 16.5. The molecule has 0 saturated heterocycles. The fourth-order valence-corrected chi connectivity index (χ4v) is 3.32. The molecule has 2 aliphatic rings. The predicted molar refractivity (Wildman–Crippen MR) is 111 cm³/mol. The third-order valence-corrected chi connectivity index (χ3v) is 5.18. The molecule has 3 rings (SSSR count). The standard InChI is InChI=1S/C22H31N5O/c1-21(2,3)12-8-14(16(23)10-12)18-25-19(27-20(26-18)28-7)15-9-13(11-17(15)24)22(4,5)6/h8-11,14-15H,23-24H2,1-7H3. The maximum atomic E-state index is 6.32. The Labute approximate surface area is 167 Å². The smallest absolute Gasteiger partial charge is 0.319 e. The molecule has 28 heavy (non-hydrogen) atoms. The van der Waals surface area contributed by atoms with Crippen LogP contribution in [0.25, 0.3) is 0 Å². The molecule has 0 amide bonds. The second-order valence-electron chi connectivity index (χ2n) is 9.53. The minimum absolute atomic E-state index is 0.00226. The van der Waals surface area contributed by atoms with E-state index < -0.39 is 0 Å². The van der Waals surface area contributed by atoms with Crippen LogP contribution >= 0.6 is 0 Å². The van der Waals surface area contributed by atoms with Crippen LogP contribution in [0.15, 0.2) is 46.8 Å². The Kier molecular flexibility index (Phi) is 4.86. The van der Waals surface area contributed by atoms with Gasteiger partial charge in [-0.05, 0) is 34.1 Å². The number of nitrogens with two attached hydrogens (primary N) is 2. The van der Waals surface area contributed by atoms with Crippen molar-refractivity contribution < 1.29 is 4.74 Å².